The standard InChI is InChI=1S/C10H23O3PS/c1-3-10(4-2)8-6-5-7-9-13-14(11,12)15/h10H,3-9H2,1-2H3,(H2,11,12,15). The average molecular weight is 254 g/mol. The van der Waals surface area contributed by atoms with Gasteiger partial charge in [-0.15, -0.1) is 0 Å². The minimum Gasteiger partial charge on any atom is -0.325 e. The summed E-state index contributed by atoms with van der Waals surface area (Å²) in [5.41, 5.74) is 0. The van der Waals surface area contributed by atoms with Crippen LogP contribution in [0.2, 0.25) is 0 Å². The van der Waals surface area contributed by atoms with Gasteiger partial charge >= 0.3 is 6.72 Å². The van der Waals surface area contributed by atoms with Crippen molar-refractivity contribution >= 4 is 18.5 Å². The van der Waals surface area contributed by atoms with E-state index < -0.39 is 6.72 Å². The van der Waals surface area contributed by atoms with E-state index in [-0.39, 0.29) is 0 Å². The molecule has 0 amide bonds. The largest absolute Gasteiger partial charge is 0.325 e. The van der Waals surface area contributed by atoms with Gasteiger partial charge in [-0.1, -0.05) is 46.0 Å². The summed E-state index contributed by atoms with van der Waals surface area (Å²) in [6.45, 7) is 1.41. The predicted octanol–water partition coefficient (Wildman–Crippen LogP) is 3.21. The Morgan fingerprint density at radius 2 is 1.73 bits per heavy atom. The molecule has 0 aromatic carbocycles. The van der Waals surface area contributed by atoms with Crippen molar-refractivity contribution in [2.24, 2.45) is 5.92 Å². The molecule has 0 rings (SSSR count). The third kappa shape index (κ3) is 10.8. The van der Waals surface area contributed by atoms with Crippen LogP contribution in [0.15, 0.2) is 0 Å². The SMILES string of the molecule is CCC(CC)CCCCCOP(O)(O)=S. The molecule has 0 aliphatic carbocycles. The van der Waals surface area contributed by atoms with Crippen LogP contribution in [0.5, 0.6) is 0 Å². The lowest BCUT2D eigenvalue weighted by Gasteiger charge is -2.12. The second kappa shape index (κ2) is 8.66. The van der Waals surface area contributed by atoms with Gasteiger partial charge in [0.2, 0.25) is 0 Å². The molecule has 0 saturated carbocycles. The van der Waals surface area contributed by atoms with Crippen molar-refractivity contribution in [2.45, 2.75) is 52.4 Å². The molecular formula is C10H23O3PS. The molecule has 0 saturated heterocycles. The van der Waals surface area contributed by atoms with Gasteiger partial charge in [0.05, 0.1) is 6.61 Å². The highest BCUT2D eigenvalue weighted by atomic mass is 32.5. The van der Waals surface area contributed by atoms with Gasteiger partial charge < -0.3 is 14.3 Å². The van der Waals surface area contributed by atoms with Crippen molar-refractivity contribution in [1.82, 2.24) is 0 Å². The molecule has 0 fully saturated rings. The van der Waals surface area contributed by atoms with Gasteiger partial charge in [0, 0.05) is 0 Å². The Labute approximate surface area is 98.1 Å². The van der Waals surface area contributed by atoms with E-state index in [9.17, 15) is 0 Å². The minimum atomic E-state index is -3.41. The molecule has 5 heteroatoms. The van der Waals surface area contributed by atoms with E-state index in [1.807, 2.05) is 0 Å². The summed E-state index contributed by atoms with van der Waals surface area (Å²) in [7, 11) is 0. The van der Waals surface area contributed by atoms with Crippen LogP contribution in [-0.4, -0.2) is 16.4 Å². The Morgan fingerprint density at radius 3 is 2.20 bits per heavy atom. The maximum absolute atomic E-state index is 8.80. The van der Waals surface area contributed by atoms with Crippen LogP contribution in [0, 0.1) is 5.92 Å². The fourth-order valence-corrected chi connectivity index (χ4v) is 2.18. The second-order valence-electron chi connectivity index (χ2n) is 3.86. The second-order valence-corrected chi connectivity index (χ2v) is 6.52. The lowest BCUT2D eigenvalue weighted by atomic mass is 9.96. The molecule has 0 radical (unpaired) electrons. The van der Waals surface area contributed by atoms with Crippen LogP contribution in [0.4, 0.5) is 0 Å². The molecule has 92 valence electrons. The van der Waals surface area contributed by atoms with Gasteiger partial charge in [0.15, 0.2) is 0 Å². The first-order valence-corrected chi connectivity index (χ1v) is 8.32. The molecule has 3 nitrogen and oxygen atoms in total. The quantitative estimate of drug-likeness (QED) is 0.490. The number of hydrogen-bond acceptors (Lipinski definition) is 2. The van der Waals surface area contributed by atoms with Gasteiger partial charge in [-0.05, 0) is 24.1 Å². The molecule has 0 unspecified atom stereocenters. The normalized spacial score (nSPS) is 12.3. The molecule has 0 aromatic rings. The topological polar surface area (TPSA) is 49.7 Å². The van der Waals surface area contributed by atoms with E-state index in [4.69, 9.17) is 14.3 Å². The van der Waals surface area contributed by atoms with Crippen LogP contribution in [-0.2, 0) is 16.3 Å². The Balaban J connectivity index is 3.28. The van der Waals surface area contributed by atoms with Crippen LogP contribution >= 0.6 is 6.72 Å². The van der Waals surface area contributed by atoms with Crippen LogP contribution in [0.3, 0.4) is 0 Å². The van der Waals surface area contributed by atoms with Gasteiger partial charge in [-0.3, -0.25) is 0 Å². The third-order valence-corrected chi connectivity index (χ3v) is 3.51. The predicted molar refractivity (Wildman–Crippen MR) is 67.2 cm³/mol. The smallest absolute Gasteiger partial charge is 0.321 e. The van der Waals surface area contributed by atoms with Crippen LogP contribution in [0.25, 0.3) is 0 Å². The molecule has 15 heavy (non-hydrogen) atoms. The van der Waals surface area contributed by atoms with E-state index >= 15 is 0 Å². The molecule has 0 atom stereocenters. The summed E-state index contributed by atoms with van der Waals surface area (Å²) in [5.74, 6) is 0.840. The molecule has 0 aliphatic heterocycles. The average Bonchev–Trinajstić information content (AvgIpc) is 2.15. The summed E-state index contributed by atoms with van der Waals surface area (Å²) < 4.78 is 4.73. The van der Waals surface area contributed by atoms with Crippen LogP contribution in [0.1, 0.15) is 52.4 Å². The molecule has 0 spiro atoms. The van der Waals surface area contributed by atoms with E-state index in [0.29, 0.717) is 6.61 Å². The number of hydrogen-bond donors (Lipinski definition) is 2. The number of rotatable bonds is 9. The van der Waals surface area contributed by atoms with Crippen LogP contribution < -0.4 is 0 Å². The summed E-state index contributed by atoms with van der Waals surface area (Å²) >= 11 is 4.34. The zero-order chi connectivity index (χ0) is 11.7. The first kappa shape index (κ1) is 15.5. The highest BCUT2D eigenvalue weighted by Crippen LogP contribution is 2.36. The highest BCUT2D eigenvalue weighted by molar-refractivity contribution is 8.06. The summed E-state index contributed by atoms with van der Waals surface area (Å²) in [5, 5.41) is 0. The van der Waals surface area contributed by atoms with E-state index in [0.717, 1.165) is 18.8 Å². The summed E-state index contributed by atoms with van der Waals surface area (Å²) in [6.07, 6.45) is 6.89. The first-order valence-electron chi connectivity index (χ1n) is 5.69. The molecule has 2 N–H and O–H groups in total. The van der Waals surface area contributed by atoms with Gasteiger partial charge in [0.1, 0.15) is 0 Å². The van der Waals surface area contributed by atoms with Crippen molar-refractivity contribution in [1.29, 1.82) is 0 Å². The van der Waals surface area contributed by atoms with E-state index in [2.05, 4.69) is 25.7 Å². The highest BCUT2D eigenvalue weighted by Gasteiger charge is 2.07. The fraction of sp³-hybridized carbons (Fsp3) is 1.00. The lowest BCUT2D eigenvalue weighted by molar-refractivity contribution is 0.244. The Morgan fingerprint density at radius 1 is 1.13 bits per heavy atom. The third-order valence-electron chi connectivity index (χ3n) is 2.67. The van der Waals surface area contributed by atoms with Gasteiger partial charge in [-0.25, -0.2) is 0 Å². The fourth-order valence-electron chi connectivity index (χ4n) is 1.59. The van der Waals surface area contributed by atoms with Crippen molar-refractivity contribution in [3.05, 3.63) is 0 Å². The Kier molecular flexibility index (Phi) is 8.96. The van der Waals surface area contributed by atoms with Crippen molar-refractivity contribution in [2.75, 3.05) is 6.61 Å². The zero-order valence-electron chi connectivity index (χ0n) is 9.69. The van der Waals surface area contributed by atoms with Gasteiger partial charge in [0.25, 0.3) is 0 Å². The van der Waals surface area contributed by atoms with E-state index in [1.54, 1.807) is 0 Å². The zero-order valence-corrected chi connectivity index (χ0v) is 11.4. The monoisotopic (exact) mass is 254 g/mol. The molecule has 0 bridgehead atoms. The minimum absolute atomic E-state index is 0.368. The first-order chi connectivity index (χ1) is 6.99. The maximum Gasteiger partial charge on any atom is 0.321 e. The molecule has 0 aromatic heterocycles. The Hall–Kier alpha value is 0.530. The maximum atomic E-state index is 8.80. The molecule has 0 aliphatic rings. The molecular weight excluding hydrogens is 231 g/mol. The van der Waals surface area contributed by atoms with Crippen molar-refractivity contribution in [3.8, 4) is 0 Å². The lowest BCUT2D eigenvalue weighted by Crippen LogP contribution is -1.97. The van der Waals surface area contributed by atoms with Crippen molar-refractivity contribution in [3.63, 3.8) is 0 Å². The molecule has 0 heterocycles. The number of unbranched alkanes of at least 4 members (excludes halogenated alkanes) is 2. The summed E-state index contributed by atoms with van der Waals surface area (Å²) in [6, 6.07) is 0. The van der Waals surface area contributed by atoms with Crippen molar-refractivity contribution < 1.29 is 14.3 Å². The van der Waals surface area contributed by atoms with E-state index in [1.165, 1.54) is 25.7 Å². The Bertz CT molecular complexity index is 189. The van der Waals surface area contributed by atoms with Gasteiger partial charge in [-0.2, -0.15) is 0 Å². The summed E-state index contributed by atoms with van der Waals surface area (Å²) in [4.78, 5) is 17.6.